The summed E-state index contributed by atoms with van der Waals surface area (Å²) < 4.78 is 49.1. The van der Waals surface area contributed by atoms with Crippen molar-refractivity contribution in [3.63, 3.8) is 0 Å². The molecule has 0 fully saturated rings. The Hall–Kier alpha value is -0.180. The van der Waals surface area contributed by atoms with Crippen LogP contribution in [0.2, 0.25) is 0 Å². The summed E-state index contributed by atoms with van der Waals surface area (Å²) in [5.41, 5.74) is 0. The fourth-order valence-electron chi connectivity index (χ4n) is 0.929. The van der Waals surface area contributed by atoms with Crippen LogP contribution in [-0.4, -0.2) is 39.4 Å². The quantitative estimate of drug-likeness (QED) is 0.771. The van der Waals surface area contributed by atoms with Gasteiger partial charge >= 0.3 is 0 Å². The molecule has 0 unspecified atom stereocenters. The zero-order chi connectivity index (χ0) is 16.7. The Bertz CT molecular complexity index is 408. The van der Waals surface area contributed by atoms with Crippen LogP contribution in [0.3, 0.4) is 0 Å². The van der Waals surface area contributed by atoms with Crippen LogP contribution in [0.1, 0.15) is 55.4 Å². The molecule has 0 rings (SSSR count). The molecule has 6 nitrogen and oxygen atoms in total. The molecule has 20 heavy (non-hydrogen) atoms. The van der Waals surface area contributed by atoms with Gasteiger partial charge in [0.2, 0.25) is 20.0 Å². The van der Waals surface area contributed by atoms with Gasteiger partial charge in [-0.15, -0.1) is 0 Å². The zero-order valence-corrected chi connectivity index (χ0v) is 15.4. The molecule has 8 heteroatoms. The normalized spacial score (nSPS) is 13.0. The Labute approximate surface area is 124 Å². The zero-order valence-electron chi connectivity index (χ0n) is 13.8. The van der Waals surface area contributed by atoms with E-state index in [2.05, 4.69) is 9.44 Å². The molecular weight excluding hydrogens is 300 g/mol. The molecular formula is C12H30N2O4S2. The average molecular weight is 331 g/mol. The molecule has 0 saturated heterocycles. The highest BCUT2D eigenvalue weighted by molar-refractivity contribution is 7.90. The van der Waals surface area contributed by atoms with Crippen LogP contribution >= 0.6 is 0 Å². The predicted molar refractivity (Wildman–Crippen MR) is 84.7 cm³/mol. The van der Waals surface area contributed by atoms with Crippen molar-refractivity contribution in [2.45, 2.75) is 78.0 Å². The number of hydrogen-bond acceptors (Lipinski definition) is 4. The molecule has 0 aliphatic rings. The first-order valence-corrected chi connectivity index (χ1v) is 9.84. The lowest BCUT2D eigenvalue weighted by Crippen LogP contribution is -2.35. The molecule has 0 radical (unpaired) electrons. The number of sulfonamides is 2. The molecule has 0 saturated carbocycles. The highest BCUT2D eigenvalue weighted by Gasteiger charge is 2.16. The topological polar surface area (TPSA) is 92.3 Å². The Balaban J connectivity index is 0. The molecule has 0 aromatic heterocycles. The molecule has 0 aliphatic heterocycles. The molecule has 124 valence electrons. The van der Waals surface area contributed by atoms with Gasteiger partial charge in [0.1, 0.15) is 0 Å². The molecule has 0 spiro atoms. The number of nitrogens with one attached hydrogen (secondary N) is 2. The molecule has 0 amide bonds. The van der Waals surface area contributed by atoms with Crippen LogP contribution in [0, 0.1) is 0 Å². The summed E-state index contributed by atoms with van der Waals surface area (Å²) in [6, 6.07) is -0.0141. The molecule has 0 aromatic carbocycles. The Morgan fingerprint density at radius 1 is 0.550 bits per heavy atom. The first-order chi connectivity index (χ1) is 8.72. The van der Waals surface area contributed by atoms with Gasteiger partial charge < -0.3 is 0 Å². The number of rotatable bonds is 6. The number of hydrogen-bond donors (Lipinski definition) is 2. The van der Waals surface area contributed by atoms with E-state index in [4.69, 9.17) is 0 Å². The van der Waals surface area contributed by atoms with Crippen molar-refractivity contribution in [1.82, 2.24) is 9.44 Å². The smallest absolute Gasteiger partial charge is 0.212 e. The van der Waals surface area contributed by atoms with Gasteiger partial charge in [-0.3, -0.25) is 0 Å². The van der Waals surface area contributed by atoms with Crippen LogP contribution in [-0.2, 0) is 20.0 Å². The molecule has 0 aliphatic carbocycles. The molecule has 0 atom stereocenters. The van der Waals surface area contributed by atoms with Crippen LogP contribution < -0.4 is 9.44 Å². The van der Waals surface area contributed by atoms with Gasteiger partial charge in [0.05, 0.1) is 10.5 Å². The first kappa shape index (κ1) is 22.1. The highest BCUT2D eigenvalue weighted by Crippen LogP contribution is 1.97. The third-order valence-corrected chi connectivity index (χ3v) is 6.12. The minimum absolute atomic E-state index is 0.00704. The summed E-state index contributed by atoms with van der Waals surface area (Å²) >= 11 is 0. The summed E-state index contributed by atoms with van der Waals surface area (Å²) in [5, 5.41) is -0.676. The van der Waals surface area contributed by atoms with E-state index in [1.54, 1.807) is 55.4 Å². The average Bonchev–Trinajstić information content (AvgIpc) is 2.13. The van der Waals surface area contributed by atoms with Gasteiger partial charge in [-0.25, -0.2) is 26.3 Å². The van der Waals surface area contributed by atoms with Crippen LogP contribution in [0.15, 0.2) is 0 Å². The van der Waals surface area contributed by atoms with E-state index in [1.165, 1.54) is 0 Å². The van der Waals surface area contributed by atoms with Gasteiger partial charge in [-0.1, -0.05) is 0 Å². The van der Waals surface area contributed by atoms with Crippen molar-refractivity contribution >= 4 is 20.0 Å². The summed E-state index contributed by atoms with van der Waals surface area (Å²) in [6.45, 7) is 13.9. The van der Waals surface area contributed by atoms with Crippen LogP contribution in [0.25, 0.3) is 0 Å². The van der Waals surface area contributed by atoms with Gasteiger partial charge in [-0.05, 0) is 55.4 Å². The Morgan fingerprint density at radius 2 is 0.750 bits per heavy atom. The van der Waals surface area contributed by atoms with Crippen molar-refractivity contribution in [2.24, 2.45) is 0 Å². The second-order valence-electron chi connectivity index (χ2n) is 5.73. The first-order valence-electron chi connectivity index (χ1n) is 6.74. The molecule has 0 heterocycles. The van der Waals surface area contributed by atoms with Crippen molar-refractivity contribution in [3.05, 3.63) is 0 Å². The Morgan fingerprint density at radius 3 is 0.800 bits per heavy atom. The molecule has 2 N–H and O–H groups in total. The maximum absolute atomic E-state index is 11.0. The van der Waals surface area contributed by atoms with Gasteiger partial charge in [-0.2, -0.15) is 0 Å². The third kappa shape index (κ3) is 10.6. The van der Waals surface area contributed by atoms with E-state index in [1.807, 2.05) is 0 Å². The lowest BCUT2D eigenvalue weighted by Gasteiger charge is -2.11. The minimum Gasteiger partial charge on any atom is -0.212 e. The van der Waals surface area contributed by atoms with Crippen LogP contribution in [0.4, 0.5) is 0 Å². The summed E-state index contributed by atoms with van der Waals surface area (Å²) in [7, 11) is -6.09. The molecule has 0 bridgehead atoms. The van der Waals surface area contributed by atoms with Crippen molar-refractivity contribution in [1.29, 1.82) is 0 Å². The third-order valence-electron chi connectivity index (χ3n) is 2.04. The van der Waals surface area contributed by atoms with Gasteiger partial charge in [0, 0.05) is 12.1 Å². The van der Waals surface area contributed by atoms with Crippen molar-refractivity contribution in [2.75, 3.05) is 0 Å². The fraction of sp³-hybridized carbons (Fsp3) is 1.00. The van der Waals surface area contributed by atoms with Crippen molar-refractivity contribution < 1.29 is 16.8 Å². The van der Waals surface area contributed by atoms with Gasteiger partial charge in [0.25, 0.3) is 0 Å². The van der Waals surface area contributed by atoms with Crippen molar-refractivity contribution in [3.8, 4) is 0 Å². The second-order valence-corrected chi connectivity index (χ2v) is 10.3. The predicted octanol–water partition coefficient (Wildman–Crippen LogP) is 1.45. The van der Waals surface area contributed by atoms with E-state index in [0.717, 1.165) is 0 Å². The maximum Gasteiger partial charge on any atom is 0.214 e. The lowest BCUT2D eigenvalue weighted by molar-refractivity contribution is 0.559. The SMILES string of the molecule is CC(C)NS(=O)(=O)C(C)C.CC(C)NS(=O)(=O)C(C)C. The van der Waals surface area contributed by atoms with Gasteiger partial charge in [0.15, 0.2) is 0 Å². The van der Waals surface area contributed by atoms with E-state index in [9.17, 15) is 16.8 Å². The highest BCUT2D eigenvalue weighted by atomic mass is 32.2. The summed E-state index contributed by atoms with van der Waals surface area (Å²) in [5.74, 6) is 0. The lowest BCUT2D eigenvalue weighted by atomic mass is 10.4. The molecule has 0 aromatic rings. The largest absolute Gasteiger partial charge is 0.214 e. The van der Waals surface area contributed by atoms with E-state index in [0.29, 0.717) is 0 Å². The minimum atomic E-state index is -3.05. The maximum atomic E-state index is 11.0. The summed E-state index contributed by atoms with van der Waals surface area (Å²) in [4.78, 5) is 0. The standard InChI is InChI=1S/2C6H15NO2S/c2*1-5(2)7-10(8,9)6(3)4/h2*5-7H,1-4H3. The van der Waals surface area contributed by atoms with Crippen LogP contribution in [0.5, 0.6) is 0 Å². The summed E-state index contributed by atoms with van der Waals surface area (Å²) in [6.07, 6.45) is 0. The Kier molecular flexibility index (Phi) is 9.91. The van der Waals surface area contributed by atoms with E-state index in [-0.39, 0.29) is 22.6 Å². The fourth-order valence-corrected chi connectivity index (χ4v) is 2.79. The monoisotopic (exact) mass is 330 g/mol. The van der Waals surface area contributed by atoms with E-state index >= 15 is 0 Å². The second kappa shape index (κ2) is 8.96. The van der Waals surface area contributed by atoms with E-state index < -0.39 is 20.0 Å².